The summed E-state index contributed by atoms with van der Waals surface area (Å²) in [5, 5.41) is 0. The van der Waals surface area contributed by atoms with Crippen LogP contribution in [0.25, 0.3) is 0 Å². The number of rotatable bonds is 1. The minimum absolute atomic E-state index is 0. The van der Waals surface area contributed by atoms with Crippen molar-refractivity contribution in [1.82, 2.24) is 4.90 Å². The first-order chi connectivity index (χ1) is 4.63. The molecule has 11 heavy (non-hydrogen) atoms. The molecule has 0 bridgehead atoms. The third-order valence-corrected chi connectivity index (χ3v) is 1.29. The summed E-state index contributed by atoms with van der Waals surface area (Å²) in [5.41, 5.74) is 0. The molecule has 0 saturated carbocycles. The Morgan fingerprint density at radius 3 is 1.73 bits per heavy atom. The third-order valence-electron chi connectivity index (χ3n) is 1.29. The van der Waals surface area contributed by atoms with Crippen LogP contribution in [0.3, 0.4) is 0 Å². The molecule has 1 aliphatic heterocycles. The Morgan fingerprint density at radius 2 is 1.55 bits per heavy atom. The van der Waals surface area contributed by atoms with E-state index in [1.807, 2.05) is 0 Å². The van der Waals surface area contributed by atoms with Gasteiger partial charge < -0.3 is 0 Å². The standard InChI is InChI=1S/C5H5F2NO2.K.H/c6-5(7)8-3(9)1-2-4(8)10;;/h5H,1-2H2;;. The monoisotopic (exact) mass is 189 g/mol. The van der Waals surface area contributed by atoms with E-state index in [9.17, 15) is 18.4 Å². The number of alkyl halides is 2. The fourth-order valence-electron chi connectivity index (χ4n) is 0.812. The van der Waals surface area contributed by atoms with Gasteiger partial charge in [0.2, 0.25) is 11.8 Å². The zero-order valence-corrected chi connectivity index (χ0v) is 5.01. The van der Waals surface area contributed by atoms with E-state index in [4.69, 9.17) is 0 Å². The fourth-order valence-corrected chi connectivity index (χ4v) is 0.812. The van der Waals surface area contributed by atoms with Gasteiger partial charge in [-0.1, -0.05) is 0 Å². The Morgan fingerprint density at radius 1 is 1.18 bits per heavy atom. The predicted octanol–water partition coefficient (Wildman–Crippen LogP) is -0.290. The first-order valence-electron chi connectivity index (χ1n) is 2.76. The van der Waals surface area contributed by atoms with Gasteiger partial charge in [0.15, 0.2) is 0 Å². The van der Waals surface area contributed by atoms with Crippen molar-refractivity contribution in [2.75, 3.05) is 0 Å². The molecule has 0 unspecified atom stereocenters. The molecule has 0 aromatic rings. The Bertz CT molecular complexity index is 169. The van der Waals surface area contributed by atoms with Gasteiger partial charge in [0.25, 0.3) is 0 Å². The van der Waals surface area contributed by atoms with Crippen molar-refractivity contribution in [3.05, 3.63) is 0 Å². The van der Waals surface area contributed by atoms with Crippen LogP contribution in [0.5, 0.6) is 0 Å². The molecule has 0 aromatic carbocycles. The summed E-state index contributed by atoms with van der Waals surface area (Å²) >= 11 is 0. The van der Waals surface area contributed by atoms with Crippen LogP contribution in [0, 0.1) is 0 Å². The van der Waals surface area contributed by atoms with E-state index < -0.39 is 18.4 Å². The second kappa shape index (κ2) is 4.61. The van der Waals surface area contributed by atoms with Crippen LogP contribution in [-0.4, -0.2) is 74.6 Å². The van der Waals surface area contributed by atoms with Gasteiger partial charge in [-0.25, -0.2) is 4.90 Å². The second-order valence-electron chi connectivity index (χ2n) is 1.94. The molecule has 3 nitrogen and oxygen atoms in total. The summed E-state index contributed by atoms with van der Waals surface area (Å²) in [6.45, 7) is -2.97. The summed E-state index contributed by atoms with van der Waals surface area (Å²) in [4.78, 5) is 20.9. The third kappa shape index (κ3) is 2.55. The quantitative estimate of drug-likeness (QED) is 0.323. The van der Waals surface area contributed by atoms with E-state index in [2.05, 4.69) is 0 Å². The Hall–Kier alpha value is 0.636. The molecule has 0 N–H and O–H groups in total. The molecule has 0 aromatic heterocycles. The van der Waals surface area contributed by atoms with Crippen molar-refractivity contribution in [3.8, 4) is 0 Å². The Kier molecular flexibility index (Phi) is 4.88. The maximum absolute atomic E-state index is 11.7. The van der Waals surface area contributed by atoms with E-state index in [0.717, 1.165) is 0 Å². The van der Waals surface area contributed by atoms with E-state index in [1.165, 1.54) is 0 Å². The van der Waals surface area contributed by atoms with Gasteiger partial charge in [-0.2, -0.15) is 8.78 Å². The molecule has 0 radical (unpaired) electrons. The van der Waals surface area contributed by atoms with Crippen molar-refractivity contribution in [3.63, 3.8) is 0 Å². The van der Waals surface area contributed by atoms with Gasteiger partial charge in [-0.15, -0.1) is 0 Å². The van der Waals surface area contributed by atoms with Crippen LogP contribution in [-0.2, 0) is 9.59 Å². The van der Waals surface area contributed by atoms with Crippen LogP contribution in [0.1, 0.15) is 12.8 Å². The number of amides is 2. The van der Waals surface area contributed by atoms with Crippen LogP contribution in [0.15, 0.2) is 0 Å². The SMILES string of the molecule is O=C1CCC(=O)N1C(F)F.[KH]. The number of hydrogen-bond donors (Lipinski definition) is 0. The molecule has 0 spiro atoms. The predicted molar refractivity (Wildman–Crippen MR) is 34.2 cm³/mol. The van der Waals surface area contributed by atoms with Gasteiger partial charge >= 0.3 is 57.9 Å². The van der Waals surface area contributed by atoms with Gasteiger partial charge in [0.1, 0.15) is 0 Å². The minimum atomic E-state index is -2.97. The first-order valence-corrected chi connectivity index (χ1v) is 2.76. The van der Waals surface area contributed by atoms with Crippen molar-refractivity contribution in [2.24, 2.45) is 0 Å². The number of nitrogens with zero attached hydrogens (tertiary/aromatic N) is 1. The Balaban J connectivity index is 0.000001000. The van der Waals surface area contributed by atoms with E-state index in [0.29, 0.717) is 0 Å². The topological polar surface area (TPSA) is 37.4 Å². The number of carbonyl (C=O) groups excluding carboxylic acids is 2. The summed E-state index contributed by atoms with van der Waals surface area (Å²) in [6.07, 6.45) is -0.160. The maximum atomic E-state index is 11.7. The molecule has 0 aliphatic carbocycles. The van der Waals surface area contributed by atoms with Crippen LogP contribution < -0.4 is 0 Å². The molecule has 1 saturated heterocycles. The molecule has 1 aliphatic rings. The average molecular weight is 189 g/mol. The van der Waals surface area contributed by atoms with Crippen LogP contribution >= 0.6 is 0 Å². The molecule has 1 fully saturated rings. The summed E-state index contributed by atoms with van der Waals surface area (Å²) in [5.74, 6) is -1.56. The van der Waals surface area contributed by atoms with E-state index in [-0.39, 0.29) is 69.1 Å². The zero-order chi connectivity index (χ0) is 7.72. The number of likely N-dealkylation sites (tertiary alicyclic amines) is 1. The van der Waals surface area contributed by atoms with Crippen LogP contribution in [0.4, 0.5) is 8.78 Å². The van der Waals surface area contributed by atoms with Crippen LogP contribution in [0.2, 0.25) is 0 Å². The molecule has 6 heteroatoms. The molecule has 0 atom stereocenters. The number of imide groups is 1. The van der Waals surface area contributed by atoms with Crippen molar-refractivity contribution < 1.29 is 18.4 Å². The van der Waals surface area contributed by atoms with Gasteiger partial charge in [0, 0.05) is 12.8 Å². The first kappa shape index (κ1) is 11.6. The second-order valence-corrected chi connectivity index (χ2v) is 1.94. The number of halogens is 2. The number of carbonyl (C=O) groups is 2. The zero-order valence-electron chi connectivity index (χ0n) is 5.01. The molecule has 1 heterocycles. The number of hydrogen-bond acceptors (Lipinski definition) is 2. The van der Waals surface area contributed by atoms with E-state index in [1.54, 1.807) is 0 Å². The van der Waals surface area contributed by atoms with Crippen molar-refractivity contribution >= 4 is 63.2 Å². The summed E-state index contributed by atoms with van der Waals surface area (Å²) < 4.78 is 23.4. The molecular formula is C5H6F2KNO2. The summed E-state index contributed by atoms with van der Waals surface area (Å²) in [6, 6.07) is 0. The Labute approximate surface area is 105 Å². The average Bonchev–Trinajstić information content (AvgIpc) is 2.11. The van der Waals surface area contributed by atoms with Gasteiger partial charge in [0.05, 0.1) is 0 Å². The normalized spacial score (nSPS) is 17.5. The molecule has 58 valence electrons. The van der Waals surface area contributed by atoms with Crippen molar-refractivity contribution in [1.29, 1.82) is 0 Å². The molecule has 2 amide bonds. The van der Waals surface area contributed by atoms with Crippen molar-refractivity contribution in [2.45, 2.75) is 19.4 Å². The summed E-state index contributed by atoms with van der Waals surface area (Å²) in [7, 11) is 0. The molecular weight excluding hydrogens is 183 g/mol. The fraction of sp³-hybridized carbons (Fsp3) is 0.600. The molecule has 1 rings (SSSR count). The van der Waals surface area contributed by atoms with E-state index >= 15 is 0 Å². The van der Waals surface area contributed by atoms with Gasteiger partial charge in [-0.3, -0.25) is 9.59 Å². The van der Waals surface area contributed by atoms with Gasteiger partial charge in [-0.05, 0) is 0 Å².